The fourth-order valence-electron chi connectivity index (χ4n) is 0.830. The molecule has 0 saturated carbocycles. The average Bonchev–Trinajstić information content (AvgIpc) is 2.42. The van der Waals surface area contributed by atoms with E-state index in [2.05, 4.69) is 0 Å². The maximum Gasteiger partial charge on any atom is 0.433 e. The molecule has 1 rings (SSSR count). The molecule has 0 spiro atoms. The summed E-state index contributed by atoms with van der Waals surface area (Å²) >= 11 is 10.8. The first kappa shape index (κ1) is 12.6. The van der Waals surface area contributed by atoms with Gasteiger partial charge in [-0.15, -0.1) is 0 Å². The second-order valence-corrected chi connectivity index (χ2v) is 4.19. The first-order chi connectivity index (χ1) is 6.82. The molecule has 0 amide bonds. The van der Waals surface area contributed by atoms with E-state index in [-0.39, 0.29) is 11.0 Å². The van der Waals surface area contributed by atoms with Crippen molar-refractivity contribution in [2.75, 3.05) is 0 Å². The fourth-order valence-corrected chi connectivity index (χ4v) is 1.65. The van der Waals surface area contributed by atoms with Crippen molar-refractivity contribution in [2.24, 2.45) is 0 Å². The van der Waals surface area contributed by atoms with Gasteiger partial charge < -0.3 is 0 Å². The van der Waals surface area contributed by atoms with E-state index in [1.165, 1.54) is 0 Å². The van der Waals surface area contributed by atoms with E-state index in [1.807, 2.05) is 5.38 Å². The molecular weight excluding hydrogens is 274 g/mol. The number of alkyl halides is 3. The highest BCUT2D eigenvalue weighted by Crippen LogP contribution is 2.29. The second-order valence-electron chi connectivity index (χ2n) is 2.42. The molecule has 1 heterocycles. The van der Waals surface area contributed by atoms with E-state index in [0.29, 0.717) is 15.9 Å². The Morgan fingerprint density at radius 1 is 1.53 bits per heavy atom. The van der Waals surface area contributed by atoms with E-state index in [0.717, 1.165) is 6.08 Å². The molecule has 0 bridgehead atoms. The molecule has 0 aliphatic heterocycles. The van der Waals surface area contributed by atoms with E-state index < -0.39 is 16.7 Å². The number of allylic oxidation sites excluding steroid dienone is 1. The minimum absolute atomic E-state index is 0.193. The Hall–Kier alpha value is -0.460. The Balaban J connectivity index is 3.11. The number of nitrogens with zero attached hydrogens (tertiary/aromatic N) is 1. The summed E-state index contributed by atoms with van der Waals surface area (Å²) in [5, 5.41) is 1.89. The van der Waals surface area contributed by atoms with Crippen LogP contribution in [0, 0.1) is 5.38 Å². The van der Waals surface area contributed by atoms with Crippen LogP contribution in [-0.2, 0) is 12.7 Å². The van der Waals surface area contributed by atoms with Gasteiger partial charge in [0.25, 0.3) is 0 Å². The van der Waals surface area contributed by atoms with E-state index >= 15 is 0 Å². The molecule has 0 aromatic carbocycles. The molecular formula is C7H3Cl2F3NOS. The highest BCUT2D eigenvalue weighted by molar-refractivity contribution is 7.06. The molecule has 1 aromatic heterocycles. The highest BCUT2D eigenvalue weighted by Gasteiger charge is 2.35. The molecule has 0 unspecified atom stereocenters. The van der Waals surface area contributed by atoms with Crippen molar-refractivity contribution in [3.05, 3.63) is 31.3 Å². The summed E-state index contributed by atoms with van der Waals surface area (Å²) in [7, 11) is 0. The van der Waals surface area contributed by atoms with Gasteiger partial charge in [0.1, 0.15) is 10.2 Å². The SMILES string of the molecule is O=c1s[c]c(C(F)(F)F)n1CC=C(Cl)Cl. The van der Waals surface area contributed by atoms with Crippen molar-refractivity contribution in [1.82, 2.24) is 4.57 Å². The summed E-state index contributed by atoms with van der Waals surface area (Å²) in [5.74, 6) is 0. The van der Waals surface area contributed by atoms with Gasteiger partial charge in [-0.05, 0) is 6.08 Å². The lowest BCUT2D eigenvalue weighted by Gasteiger charge is -2.07. The number of aromatic nitrogens is 1. The average molecular weight is 277 g/mol. The lowest BCUT2D eigenvalue weighted by atomic mass is 10.4. The molecule has 8 heteroatoms. The third kappa shape index (κ3) is 3.25. The molecule has 1 radical (unpaired) electrons. The molecule has 0 saturated heterocycles. The van der Waals surface area contributed by atoms with Crippen LogP contribution in [0.5, 0.6) is 0 Å². The summed E-state index contributed by atoms with van der Waals surface area (Å²) in [5.41, 5.74) is -1.12. The summed E-state index contributed by atoms with van der Waals surface area (Å²) < 4.78 is 37.3. The minimum Gasteiger partial charge on any atom is -0.290 e. The van der Waals surface area contributed by atoms with Crippen LogP contribution < -0.4 is 4.87 Å². The molecule has 2 nitrogen and oxygen atoms in total. The number of thiazole rings is 1. The molecule has 0 atom stereocenters. The van der Waals surface area contributed by atoms with Gasteiger partial charge in [0.2, 0.25) is 0 Å². The maximum atomic E-state index is 12.3. The number of rotatable bonds is 2. The summed E-state index contributed by atoms with van der Waals surface area (Å²) in [4.78, 5) is 10.3. The van der Waals surface area contributed by atoms with Gasteiger partial charge in [0.05, 0.1) is 5.38 Å². The smallest absolute Gasteiger partial charge is 0.290 e. The Labute approximate surface area is 96.5 Å². The van der Waals surface area contributed by atoms with E-state index in [9.17, 15) is 18.0 Å². The van der Waals surface area contributed by atoms with Crippen LogP contribution in [0.15, 0.2) is 15.4 Å². The predicted molar refractivity (Wildman–Crippen MR) is 52.2 cm³/mol. The quantitative estimate of drug-likeness (QED) is 0.814. The zero-order chi connectivity index (χ0) is 11.6. The minimum atomic E-state index is -4.61. The molecule has 83 valence electrons. The molecule has 0 aliphatic rings. The maximum absolute atomic E-state index is 12.3. The number of hydrogen-bond donors (Lipinski definition) is 0. The van der Waals surface area contributed by atoms with Crippen molar-refractivity contribution in [3.63, 3.8) is 0 Å². The third-order valence-electron chi connectivity index (χ3n) is 1.42. The van der Waals surface area contributed by atoms with Crippen LogP contribution >= 0.6 is 34.5 Å². The predicted octanol–water partition coefficient (Wildman–Crippen LogP) is 3.05. The zero-order valence-corrected chi connectivity index (χ0v) is 9.27. The van der Waals surface area contributed by atoms with Gasteiger partial charge in [-0.2, -0.15) is 13.2 Å². The topological polar surface area (TPSA) is 22.0 Å². The molecule has 1 aromatic rings. The standard InChI is InChI=1S/C7H3Cl2F3NOS/c8-5(9)1-2-13-4(7(10,11)12)3-15-6(13)14/h1H,2H2. The molecule has 15 heavy (non-hydrogen) atoms. The van der Waals surface area contributed by atoms with Gasteiger partial charge in [-0.25, -0.2) is 0 Å². The van der Waals surface area contributed by atoms with Gasteiger partial charge in [0.15, 0.2) is 0 Å². The van der Waals surface area contributed by atoms with Crippen molar-refractivity contribution >= 4 is 34.5 Å². The van der Waals surface area contributed by atoms with Gasteiger partial charge in [-0.3, -0.25) is 9.36 Å². The Morgan fingerprint density at radius 3 is 2.60 bits per heavy atom. The van der Waals surface area contributed by atoms with Gasteiger partial charge >= 0.3 is 11.0 Å². The highest BCUT2D eigenvalue weighted by atomic mass is 35.5. The van der Waals surface area contributed by atoms with Crippen LogP contribution in [0.1, 0.15) is 5.69 Å². The van der Waals surface area contributed by atoms with E-state index in [1.54, 1.807) is 0 Å². The Morgan fingerprint density at radius 2 is 2.13 bits per heavy atom. The number of hydrogen-bond acceptors (Lipinski definition) is 2. The van der Waals surface area contributed by atoms with Crippen LogP contribution in [0.4, 0.5) is 13.2 Å². The normalized spacial score (nSPS) is 11.5. The van der Waals surface area contributed by atoms with Crippen LogP contribution in [0.2, 0.25) is 0 Å². The first-order valence-electron chi connectivity index (χ1n) is 3.52. The van der Waals surface area contributed by atoms with E-state index in [4.69, 9.17) is 23.2 Å². The van der Waals surface area contributed by atoms with Crippen molar-refractivity contribution in [3.8, 4) is 0 Å². The van der Waals surface area contributed by atoms with Gasteiger partial charge in [-0.1, -0.05) is 34.5 Å². The van der Waals surface area contributed by atoms with Crippen molar-refractivity contribution in [1.29, 1.82) is 0 Å². The lowest BCUT2D eigenvalue weighted by Crippen LogP contribution is -2.20. The largest absolute Gasteiger partial charge is 0.433 e. The summed E-state index contributed by atoms with van der Waals surface area (Å²) in [6.45, 7) is -0.323. The van der Waals surface area contributed by atoms with Crippen molar-refractivity contribution in [2.45, 2.75) is 12.7 Å². The van der Waals surface area contributed by atoms with Crippen molar-refractivity contribution < 1.29 is 13.2 Å². The fraction of sp³-hybridized carbons (Fsp3) is 0.286. The third-order valence-corrected chi connectivity index (χ3v) is 2.42. The van der Waals surface area contributed by atoms with Crippen LogP contribution in [0.25, 0.3) is 0 Å². The summed E-state index contributed by atoms with van der Waals surface area (Å²) in [6.07, 6.45) is -3.51. The number of halogens is 5. The molecule has 0 fully saturated rings. The summed E-state index contributed by atoms with van der Waals surface area (Å²) in [6, 6.07) is 0. The Bertz CT molecular complexity index is 430. The first-order valence-corrected chi connectivity index (χ1v) is 5.09. The zero-order valence-electron chi connectivity index (χ0n) is 6.94. The lowest BCUT2D eigenvalue weighted by molar-refractivity contribution is -0.143. The second kappa shape index (κ2) is 4.59. The Kier molecular flexibility index (Phi) is 3.86. The molecule has 0 aliphatic carbocycles. The monoisotopic (exact) mass is 276 g/mol. The van der Waals surface area contributed by atoms with Crippen LogP contribution in [-0.4, -0.2) is 4.57 Å². The van der Waals surface area contributed by atoms with Gasteiger partial charge in [0, 0.05) is 6.54 Å². The molecule has 0 N–H and O–H groups in total. The van der Waals surface area contributed by atoms with Crippen LogP contribution in [0.3, 0.4) is 0 Å².